The van der Waals surface area contributed by atoms with Crippen molar-refractivity contribution in [3.8, 4) is 11.5 Å². The molecule has 21 heavy (non-hydrogen) atoms. The average molecular weight is 329 g/mol. The number of alkyl halides is 3. The maximum Gasteiger partial charge on any atom is 0.411 e. The maximum absolute atomic E-state index is 11.9. The maximum atomic E-state index is 11.9. The molecule has 0 spiro atoms. The van der Waals surface area contributed by atoms with Crippen molar-refractivity contribution in [3.63, 3.8) is 0 Å². The highest BCUT2D eigenvalue weighted by Crippen LogP contribution is 2.40. The monoisotopic (exact) mass is 328 g/mol. The highest BCUT2D eigenvalue weighted by Gasteiger charge is 2.27. The molecule has 1 atom stereocenters. The molecule has 0 bridgehead atoms. The van der Waals surface area contributed by atoms with Gasteiger partial charge in [0.05, 0.1) is 20.3 Å². The van der Waals surface area contributed by atoms with Crippen LogP contribution in [0.1, 0.15) is 18.1 Å². The lowest BCUT2D eigenvalue weighted by molar-refractivity contribution is -0.175. The van der Waals surface area contributed by atoms with Crippen LogP contribution in [-0.2, 0) is 4.74 Å². The van der Waals surface area contributed by atoms with Gasteiger partial charge in [0.1, 0.15) is 23.1 Å². The first-order chi connectivity index (χ1) is 9.80. The first-order valence-electron chi connectivity index (χ1n) is 6.03. The highest BCUT2D eigenvalue weighted by molar-refractivity contribution is 6.33. The van der Waals surface area contributed by atoms with Crippen molar-refractivity contribution in [3.05, 3.63) is 22.7 Å². The molecule has 0 aliphatic carbocycles. The van der Waals surface area contributed by atoms with E-state index in [4.69, 9.17) is 21.1 Å². The number of aliphatic hydroxyl groups excluding tert-OH is 1. The Morgan fingerprint density at radius 1 is 1.24 bits per heavy atom. The van der Waals surface area contributed by atoms with E-state index >= 15 is 0 Å². The van der Waals surface area contributed by atoms with Crippen molar-refractivity contribution in [2.75, 3.05) is 27.4 Å². The second-order valence-corrected chi connectivity index (χ2v) is 4.55. The zero-order valence-electron chi connectivity index (χ0n) is 11.5. The minimum Gasteiger partial charge on any atom is -0.495 e. The van der Waals surface area contributed by atoms with Gasteiger partial charge >= 0.3 is 6.18 Å². The molecule has 120 valence electrons. The lowest BCUT2D eigenvalue weighted by atomic mass is 10.1. The normalized spacial score (nSPS) is 13.1. The van der Waals surface area contributed by atoms with Crippen LogP contribution in [-0.4, -0.2) is 38.7 Å². The fraction of sp³-hybridized carbons (Fsp3) is 0.538. The van der Waals surface area contributed by atoms with Crippen LogP contribution in [0.4, 0.5) is 13.2 Å². The summed E-state index contributed by atoms with van der Waals surface area (Å²) in [4.78, 5) is 0. The fourth-order valence-electron chi connectivity index (χ4n) is 1.72. The van der Waals surface area contributed by atoms with E-state index in [1.165, 1.54) is 20.3 Å². The minimum absolute atomic E-state index is 0.0188. The van der Waals surface area contributed by atoms with Crippen molar-refractivity contribution >= 4 is 11.6 Å². The van der Waals surface area contributed by atoms with Gasteiger partial charge in [0, 0.05) is 18.6 Å². The Balaban J connectivity index is 2.70. The second-order valence-electron chi connectivity index (χ2n) is 4.18. The second kappa shape index (κ2) is 7.72. The van der Waals surface area contributed by atoms with Gasteiger partial charge < -0.3 is 19.3 Å². The van der Waals surface area contributed by atoms with Gasteiger partial charge in [-0.25, -0.2) is 0 Å². The molecule has 1 rings (SSSR count). The van der Waals surface area contributed by atoms with Crippen molar-refractivity contribution in [1.82, 2.24) is 0 Å². The average Bonchev–Trinajstić information content (AvgIpc) is 2.41. The van der Waals surface area contributed by atoms with Gasteiger partial charge in [-0.15, -0.1) is 0 Å². The molecule has 1 N–H and O–H groups in total. The fourth-order valence-corrected chi connectivity index (χ4v) is 2.05. The van der Waals surface area contributed by atoms with Crippen molar-refractivity contribution in [2.45, 2.75) is 18.7 Å². The number of methoxy groups -OCH3 is 2. The van der Waals surface area contributed by atoms with Gasteiger partial charge in [-0.2, -0.15) is 13.2 Å². The largest absolute Gasteiger partial charge is 0.495 e. The van der Waals surface area contributed by atoms with Gasteiger partial charge in [0.15, 0.2) is 0 Å². The molecule has 0 fully saturated rings. The molecule has 4 nitrogen and oxygen atoms in total. The van der Waals surface area contributed by atoms with E-state index in [0.29, 0.717) is 11.3 Å². The number of halogens is 4. The van der Waals surface area contributed by atoms with E-state index in [1.54, 1.807) is 6.07 Å². The van der Waals surface area contributed by atoms with Crippen LogP contribution >= 0.6 is 11.6 Å². The number of aliphatic hydroxyl groups is 1. The predicted molar refractivity (Wildman–Crippen MR) is 71.0 cm³/mol. The van der Waals surface area contributed by atoms with Crippen molar-refractivity contribution in [1.29, 1.82) is 0 Å². The molecule has 0 saturated heterocycles. The molecule has 0 aliphatic rings. The first-order valence-corrected chi connectivity index (χ1v) is 6.41. The summed E-state index contributed by atoms with van der Waals surface area (Å²) < 4.78 is 50.3. The van der Waals surface area contributed by atoms with Crippen LogP contribution < -0.4 is 9.47 Å². The molecule has 0 aliphatic heterocycles. The summed E-state index contributed by atoms with van der Waals surface area (Å²) in [6.07, 6.45) is -5.46. The summed E-state index contributed by atoms with van der Waals surface area (Å²) in [5.41, 5.74) is 0.360. The summed E-state index contributed by atoms with van der Waals surface area (Å²) in [6, 6.07) is 3.08. The molecular weight excluding hydrogens is 313 g/mol. The van der Waals surface area contributed by atoms with Crippen LogP contribution in [0.25, 0.3) is 0 Å². The summed E-state index contributed by atoms with van der Waals surface area (Å²) >= 11 is 6.04. The molecule has 0 aromatic heterocycles. The zero-order chi connectivity index (χ0) is 16.0. The van der Waals surface area contributed by atoms with E-state index in [9.17, 15) is 18.3 Å². The third-order valence-electron chi connectivity index (χ3n) is 2.68. The van der Waals surface area contributed by atoms with Gasteiger partial charge in [-0.05, 0) is 12.1 Å². The van der Waals surface area contributed by atoms with Gasteiger partial charge in [-0.3, -0.25) is 0 Å². The van der Waals surface area contributed by atoms with Crippen LogP contribution in [0.2, 0.25) is 5.02 Å². The molecule has 0 radical (unpaired) electrons. The Hall–Kier alpha value is -1.18. The van der Waals surface area contributed by atoms with Gasteiger partial charge in [-0.1, -0.05) is 11.6 Å². The third-order valence-corrected chi connectivity index (χ3v) is 3.03. The quantitative estimate of drug-likeness (QED) is 0.780. The number of hydrogen-bond donors (Lipinski definition) is 1. The number of ether oxygens (including phenoxy) is 3. The smallest absolute Gasteiger partial charge is 0.411 e. The number of benzene rings is 1. The minimum atomic E-state index is -4.38. The highest BCUT2D eigenvalue weighted by atomic mass is 35.5. The van der Waals surface area contributed by atoms with Crippen LogP contribution in [0, 0.1) is 0 Å². The third kappa shape index (κ3) is 5.26. The Bertz CT molecular complexity index is 465. The van der Waals surface area contributed by atoms with E-state index in [2.05, 4.69) is 4.74 Å². The summed E-state index contributed by atoms with van der Waals surface area (Å²) in [6.45, 7) is -1.59. The SMILES string of the molecule is COc1ccc(C(O)CCOCC(F)(F)F)c(OC)c1Cl. The van der Waals surface area contributed by atoms with E-state index in [1.807, 2.05) is 0 Å². The Morgan fingerprint density at radius 3 is 2.43 bits per heavy atom. The van der Waals surface area contributed by atoms with E-state index in [0.717, 1.165) is 0 Å². The molecule has 0 saturated carbocycles. The Morgan fingerprint density at radius 2 is 1.90 bits per heavy atom. The molecule has 1 aromatic rings. The number of rotatable bonds is 7. The Kier molecular flexibility index (Phi) is 6.57. The lowest BCUT2D eigenvalue weighted by Crippen LogP contribution is -2.18. The van der Waals surface area contributed by atoms with Gasteiger partial charge in [0.2, 0.25) is 0 Å². The van der Waals surface area contributed by atoms with Crippen LogP contribution in [0.5, 0.6) is 11.5 Å². The van der Waals surface area contributed by atoms with Crippen LogP contribution in [0.3, 0.4) is 0 Å². The first kappa shape index (κ1) is 17.9. The van der Waals surface area contributed by atoms with Gasteiger partial charge in [0.25, 0.3) is 0 Å². The zero-order valence-corrected chi connectivity index (χ0v) is 12.3. The van der Waals surface area contributed by atoms with Crippen molar-refractivity contribution < 1.29 is 32.5 Å². The van der Waals surface area contributed by atoms with E-state index in [-0.39, 0.29) is 23.8 Å². The molecule has 0 amide bonds. The lowest BCUT2D eigenvalue weighted by Gasteiger charge is -2.17. The summed E-state index contributed by atoms with van der Waals surface area (Å²) in [5.74, 6) is 0.595. The standard InChI is InChI=1S/C13H16ClF3O4/c1-19-10-4-3-8(12(20-2)11(10)14)9(18)5-6-21-7-13(15,16)17/h3-4,9,18H,5-7H2,1-2H3. The molecule has 1 unspecified atom stereocenters. The predicted octanol–water partition coefficient (Wildman–Crippen LogP) is 3.36. The molecule has 0 heterocycles. The van der Waals surface area contributed by atoms with Crippen molar-refractivity contribution in [2.24, 2.45) is 0 Å². The number of hydrogen-bond acceptors (Lipinski definition) is 4. The summed E-state index contributed by atoms with van der Waals surface area (Å²) in [7, 11) is 2.80. The molecule has 1 aromatic carbocycles. The summed E-state index contributed by atoms with van der Waals surface area (Å²) in [5, 5.41) is 10.2. The molecular formula is C13H16ClF3O4. The topological polar surface area (TPSA) is 47.9 Å². The molecule has 8 heteroatoms. The van der Waals surface area contributed by atoms with E-state index < -0.39 is 18.9 Å². The Labute approximate surface area is 125 Å². The van der Waals surface area contributed by atoms with Crippen LogP contribution in [0.15, 0.2) is 12.1 Å².